The quantitative estimate of drug-likeness (QED) is 0.656. The summed E-state index contributed by atoms with van der Waals surface area (Å²) in [6.07, 6.45) is 10.8. The maximum atomic E-state index is 12.3. The molecule has 0 bridgehead atoms. The van der Waals surface area contributed by atoms with Crippen molar-refractivity contribution >= 4 is 11.9 Å². The largest absolute Gasteiger partial charge is 0.336 e. The Morgan fingerprint density at radius 3 is 2.79 bits per heavy atom. The van der Waals surface area contributed by atoms with E-state index in [1.807, 2.05) is 43.2 Å². The van der Waals surface area contributed by atoms with Crippen molar-refractivity contribution in [1.82, 2.24) is 25.2 Å². The van der Waals surface area contributed by atoms with E-state index < -0.39 is 0 Å². The Kier molecular flexibility index (Phi) is 8.49. The molecule has 7 heteroatoms. The zero-order chi connectivity index (χ0) is 23.8. The molecule has 4 heterocycles. The van der Waals surface area contributed by atoms with E-state index in [-0.39, 0.29) is 5.91 Å². The Morgan fingerprint density at radius 2 is 2.06 bits per heavy atom. The summed E-state index contributed by atoms with van der Waals surface area (Å²) in [5.41, 5.74) is 5.61. The number of pyridine rings is 1. The lowest BCUT2D eigenvalue weighted by Crippen LogP contribution is -2.42. The SMILES string of the molecule is C=C(C)/C=C\C(=C)Nc1ncc2c(n1)CNC2.Cc1cc(C(=O)N2CCCC[C@H]2C)ccn1. The second kappa shape index (κ2) is 11.5. The highest BCUT2D eigenvalue weighted by Gasteiger charge is 2.24. The molecular formula is C26H34N6O. The molecule has 2 N–H and O–H groups in total. The first-order chi connectivity index (χ1) is 15.8. The highest BCUT2D eigenvalue weighted by molar-refractivity contribution is 5.94. The van der Waals surface area contributed by atoms with Crippen LogP contribution in [0.15, 0.2) is 61.1 Å². The van der Waals surface area contributed by atoms with Gasteiger partial charge in [-0.15, -0.1) is 0 Å². The van der Waals surface area contributed by atoms with Gasteiger partial charge in [-0.3, -0.25) is 9.78 Å². The number of aromatic nitrogens is 3. The molecule has 174 valence electrons. The van der Waals surface area contributed by atoms with Gasteiger partial charge in [-0.1, -0.05) is 24.8 Å². The van der Waals surface area contributed by atoms with Crippen molar-refractivity contribution in [2.45, 2.75) is 59.2 Å². The van der Waals surface area contributed by atoms with Crippen LogP contribution in [0.3, 0.4) is 0 Å². The van der Waals surface area contributed by atoms with E-state index in [4.69, 9.17) is 0 Å². The lowest BCUT2D eigenvalue weighted by Gasteiger charge is -2.33. The summed E-state index contributed by atoms with van der Waals surface area (Å²) in [7, 11) is 0. The van der Waals surface area contributed by atoms with Crippen LogP contribution in [0.2, 0.25) is 0 Å². The molecule has 0 spiro atoms. The van der Waals surface area contributed by atoms with Crippen molar-refractivity contribution in [1.29, 1.82) is 0 Å². The molecule has 2 aliphatic rings. The van der Waals surface area contributed by atoms with Crippen molar-refractivity contribution in [3.63, 3.8) is 0 Å². The van der Waals surface area contributed by atoms with Gasteiger partial charge >= 0.3 is 0 Å². The second-order valence-corrected chi connectivity index (χ2v) is 8.63. The maximum absolute atomic E-state index is 12.3. The number of carbonyl (C=O) groups is 1. The molecule has 2 aromatic heterocycles. The normalized spacial score (nSPS) is 17.2. The minimum Gasteiger partial charge on any atom is -0.336 e. The number of rotatable bonds is 5. The summed E-state index contributed by atoms with van der Waals surface area (Å²) >= 11 is 0. The molecule has 1 amide bonds. The fraction of sp³-hybridized carbons (Fsp3) is 0.385. The lowest BCUT2D eigenvalue weighted by molar-refractivity contribution is 0.0635. The molecule has 33 heavy (non-hydrogen) atoms. The summed E-state index contributed by atoms with van der Waals surface area (Å²) in [6, 6.07) is 4.04. The second-order valence-electron chi connectivity index (χ2n) is 8.63. The number of allylic oxidation sites excluding steroid dienone is 3. The van der Waals surface area contributed by atoms with Gasteiger partial charge in [-0.05, 0) is 58.2 Å². The predicted molar refractivity (Wildman–Crippen MR) is 133 cm³/mol. The van der Waals surface area contributed by atoms with Crippen LogP contribution in [-0.2, 0) is 13.1 Å². The van der Waals surface area contributed by atoms with E-state index in [9.17, 15) is 4.79 Å². The van der Waals surface area contributed by atoms with Crippen molar-refractivity contribution in [3.05, 3.63) is 83.6 Å². The van der Waals surface area contributed by atoms with Gasteiger partial charge in [0.25, 0.3) is 5.91 Å². The summed E-state index contributed by atoms with van der Waals surface area (Å²) < 4.78 is 0. The number of likely N-dealkylation sites (tertiary alicyclic amines) is 1. The molecule has 1 fully saturated rings. The van der Waals surface area contributed by atoms with Crippen LogP contribution in [0.1, 0.15) is 60.4 Å². The van der Waals surface area contributed by atoms with Gasteiger partial charge in [0.15, 0.2) is 0 Å². The van der Waals surface area contributed by atoms with Gasteiger partial charge < -0.3 is 15.5 Å². The molecule has 0 aromatic carbocycles. The van der Waals surface area contributed by atoms with E-state index in [2.05, 4.69) is 45.7 Å². The number of nitrogens with zero attached hydrogens (tertiary/aromatic N) is 4. The molecule has 0 unspecified atom stereocenters. The molecule has 4 rings (SSSR count). The molecule has 1 saturated heterocycles. The van der Waals surface area contributed by atoms with Gasteiger partial charge in [-0.25, -0.2) is 9.97 Å². The van der Waals surface area contributed by atoms with E-state index in [0.29, 0.717) is 12.0 Å². The van der Waals surface area contributed by atoms with Gasteiger partial charge in [0, 0.05) is 60.6 Å². The van der Waals surface area contributed by atoms with Crippen LogP contribution in [-0.4, -0.2) is 38.3 Å². The number of fused-ring (bicyclic) bond motifs is 1. The number of carbonyl (C=O) groups excluding carboxylic acids is 1. The minimum atomic E-state index is 0.151. The Labute approximate surface area is 196 Å². The first-order valence-corrected chi connectivity index (χ1v) is 11.4. The third-order valence-corrected chi connectivity index (χ3v) is 5.61. The molecule has 0 saturated carbocycles. The van der Waals surface area contributed by atoms with Gasteiger partial charge in [-0.2, -0.15) is 0 Å². The minimum absolute atomic E-state index is 0.151. The Hall–Kier alpha value is -3.32. The summed E-state index contributed by atoms with van der Waals surface area (Å²) in [6.45, 7) is 16.2. The van der Waals surface area contributed by atoms with Crippen LogP contribution in [0, 0.1) is 6.92 Å². The van der Waals surface area contributed by atoms with E-state index in [0.717, 1.165) is 60.7 Å². The van der Waals surface area contributed by atoms with Crippen molar-refractivity contribution < 1.29 is 4.79 Å². The number of nitrogens with one attached hydrogen (secondary N) is 2. The standard InChI is InChI=1S/C13H16N4.C13H18N2O/c1-9(2)4-5-10(3)16-13-15-7-11-6-14-8-12(11)17-13;1-10-9-12(6-7-14-10)13(16)15-8-4-3-5-11(15)2/h4-5,7,14H,1,3,6,8H2,2H3,(H,15,16,17);6-7,9,11H,3-5,8H2,1-2H3/b5-4-;/t;11-/m.1/s1. The Balaban J connectivity index is 0.000000186. The van der Waals surface area contributed by atoms with Crippen LogP contribution < -0.4 is 10.6 Å². The number of aryl methyl sites for hydroxylation is 1. The van der Waals surface area contributed by atoms with Crippen LogP contribution in [0.4, 0.5) is 5.95 Å². The highest BCUT2D eigenvalue weighted by Crippen LogP contribution is 2.19. The fourth-order valence-corrected chi connectivity index (χ4v) is 3.79. The number of amides is 1. The highest BCUT2D eigenvalue weighted by atomic mass is 16.2. The average Bonchev–Trinajstić information content (AvgIpc) is 3.26. The van der Waals surface area contributed by atoms with Crippen molar-refractivity contribution in [3.8, 4) is 0 Å². The zero-order valence-corrected chi connectivity index (χ0v) is 19.9. The predicted octanol–water partition coefficient (Wildman–Crippen LogP) is 4.54. The topological polar surface area (TPSA) is 83.0 Å². The molecule has 2 aliphatic heterocycles. The first kappa shape index (κ1) is 24.3. The number of piperidine rings is 1. The van der Waals surface area contributed by atoms with E-state index in [1.54, 1.807) is 12.3 Å². The average molecular weight is 447 g/mol. The summed E-state index contributed by atoms with van der Waals surface area (Å²) in [5.74, 6) is 0.738. The van der Waals surface area contributed by atoms with Crippen LogP contribution in [0.25, 0.3) is 0 Å². The summed E-state index contributed by atoms with van der Waals surface area (Å²) in [5, 5.41) is 6.28. The third kappa shape index (κ3) is 7.08. The number of hydrogen-bond donors (Lipinski definition) is 2. The number of anilines is 1. The van der Waals surface area contributed by atoms with Gasteiger partial charge in [0.1, 0.15) is 0 Å². The zero-order valence-electron chi connectivity index (χ0n) is 19.9. The third-order valence-electron chi connectivity index (χ3n) is 5.61. The lowest BCUT2D eigenvalue weighted by atomic mass is 10.0. The summed E-state index contributed by atoms with van der Waals surface area (Å²) in [4.78, 5) is 27.0. The Bertz CT molecular complexity index is 1040. The monoisotopic (exact) mass is 446 g/mol. The maximum Gasteiger partial charge on any atom is 0.254 e. The molecule has 0 radical (unpaired) electrons. The smallest absolute Gasteiger partial charge is 0.254 e. The molecule has 2 aromatic rings. The van der Waals surface area contributed by atoms with Crippen LogP contribution in [0.5, 0.6) is 0 Å². The molecular weight excluding hydrogens is 412 g/mol. The molecule has 1 atom stereocenters. The molecule has 7 nitrogen and oxygen atoms in total. The number of hydrogen-bond acceptors (Lipinski definition) is 6. The van der Waals surface area contributed by atoms with Gasteiger partial charge in [0.05, 0.1) is 5.69 Å². The van der Waals surface area contributed by atoms with Crippen molar-refractivity contribution in [2.75, 3.05) is 11.9 Å². The van der Waals surface area contributed by atoms with Gasteiger partial charge in [0.2, 0.25) is 5.95 Å². The van der Waals surface area contributed by atoms with Crippen molar-refractivity contribution in [2.24, 2.45) is 0 Å². The molecule has 0 aliphatic carbocycles. The van der Waals surface area contributed by atoms with Crippen LogP contribution >= 0.6 is 0 Å². The van der Waals surface area contributed by atoms with E-state index in [1.165, 1.54) is 12.0 Å². The van der Waals surface area contributed by atoms with E-state index >= 15 is 0 Å². The Morgan fingerprint density at radius 1 is 1.24 bits per heavy atom. The fourth-order valence-electron chi connectivity index (χ4n) is 3.79. The first-order valence-electron chi connectivity index (χ1n) is 11.4.